The fourth-order valence-corrected chi connectivity index (χ4v) is 2.55. The summed E-state index contributed by atoms with van der Waals surface area (Å²) in [6, 6.07) is 15.6. The second-order valence-electron chi connectivity index (χ2n) is 6.22. The lowest BCUT2D eigenvalue weighted by molar-refractivity contribution is -0.120. The van der Waals surface area contributed by atoms with Crippen LogP contribution in [0.25, 0.3) is 0 Å². The van der Waals surface area contributed by atoms with E-state index >= 15 is 0 Å². The van der Waals surface area contributed by atoms with Crippen LogP contribution in [-0.4, -0.2) is 19.6 Å². The van der Waals surface area contributed by atoms with Gasteiger partial charge in [-0.2, -0.15) is 0 Å². The van der Waals surface area contributed by atoms with Crippen LogP contribution in [0.15, 0.2) is 48.5 Å². The third-order valence-electron chi connectivity index (χ3n) is 4.09. The summed E-state index contributed by atoms with van der Waals surface area (Å²) >= 11 is 0. The van der Waals surface area contributed by atoms with E-state index in [4.69, 9.17) is 10.5 Å². The van der Waals surface area contributed by atoms with Crippen molar-refractivity contribution in [2.24, 2.45) is 5.73 Å². The van der Waals surface area contributed by atoms with Gasteiger partial charge in [-0.25, -0.2) is 0 Å². The number of benzene rings is 2. The number of nitrogens with one attached hydrogen (secondary N) is 1. The third-order valence-corrected chi connectivity index (χ3v) is 4.09. The van der Waals surface area contributed by atoms with Crippen LogP contribution in [0.5, 0.6) is 5.75 Å². The number of hydrogen-bond acceptors (Lipinski definition) is 3. The number of para-hydroxylation sites is 1. The van der Waals surface area contributed by atoms with Crippen LogP contribution in [0.3, 0.4) is 0 Å². The summed E-state index contributed by atoms with van der Waals surface area (Å²) in [6.07, 6.45) is 0.281. The van der Waals surface area contributed by atoms with Gasteiger partial charge < -0.3 is 15.8 Å². The Balaban J connectivity index is 1.89. The Hall–Kier alpha value is -2.33. The molecule has 0 aliphatic carbocycles. The summed E-state index contributed by atoms with van der Waals surface area (Å²) in [5.74, 6) is 1.16. The molecule has 0 aliphatic rings. The second kappa shape index (κ2) is 8.50. The highest BCUT2D eigenvalue weighted by Crippen LogP contribution is 2.19. The molecular weight excluding hydrogens is 300 g/mol. The summed E-state index contributed by atoms with van der Waals surface area (Å²) in [4.78, 5) is 12.1. The molecule has 24 heavy (non-hydrogen) atoms. The summed E-state index contributed by atoms with van der Waals surface area (Å²) < 4.78 is 5.27. The quantitative estimate of drug-likeness (QED) is 0.821. The third kappa shape index (κ3) is 4.83. The number of methoxy groups -OCH3 is 1. The van der Waals surface area contributed by atoms with Gasteiger partial charge in [0, 0.05) is 18.2 Å². The van der Waals surface area contributed by atoms with Crippen LogP contribution in [0.2, 0.25) is 0 Å². The fourth-order valence-electron chi connectivity index (χ4n) is 2.55. The first-order valence-electron chi connectivity index (χ1n) is 8.25. The van der Waals surface area contributed by atoms with Gasteiger partial charge in [-0.15, -0.1) is 0 Å². The topological polar surface area (TPSA) is 64.3 Å². The highest BCUT2D eigenvalue weighted by atomic mass is 16.5. The largest absolute Gasteiger partial charge is 0.496 e. The van der Waals surface area contributed by atoms with E-state index in [0.717, 1.165) is 16.9 Å². The van der Waals surface area contributed by atoms with E-state index in [1.807, 2.05) is 36.4 Å². The Morgan fingerprint density at radius 2 is 1.71 bits per heavy atom. The first kappa shape index (κ1) is 18.0. The molecule has 0 heterocycles. The standard InChI is InChI=1S/C20H26N2O2/c1-14(2)15-8-10-16(11-9-15)18(21)13-22-20(23)12-17-6-4-5-7-19(17)24-3/h4-11,14,18H,12-13,21H2,1-3H3,(H,22,23). The lowest BCUT2D eigenvalue weighted by atomic mass is 9.99. The summed E-state index contributed by atoms with van der Waals surface area (Å²) in [5, 5.41) is 2.90. The van der Waals surface area contributed by atoms with Crippen LogP contribution >= 0.6 is 0 Å². The van der Waals surface area contributed by atoms with Crippen molar-refractivity contribution in [2.75, 3.05) is 13.7 Å². The Morgan fingerprint density at radius 1 is 1.08 bits per heavy atom. The first-order valence-corrected chi connectivity index (χ1v) is 8.25. The maximum Gasteiger partial charge on any atom is 0.224 e. The zero-order valence-electron chi connectivity index (χ0n) is 14.6. The highest BCUT2D eigenvalue weighted by molar-refractivity contribution is 5.79. The fraction of sp³-hybridized carbons (Fsp3) is 0.350. The molecule has 0 radical (unpaired) electrons. The molecule has 1 unspecified atom stereocenters. The van der Waals surface area contributed by atoms with Gasteiger partial charge in [0.15, 0.2) is 0 Å². The molecule has 2 aromatic rings. The van der Waals surface area contributed by atoms with Crippen molar-refractivity contribution in [2.45, 2.75) is 32.2 Å². The molecule has 128 valence electrons. The van der Waals surface area contributed by atoms with Crippen molar-refractivity contribution in [3.8, 4) is 5.75 Å². The van der Waals surface area contributed by atoms with Gasteiger partial charge >= 0.3 is 0 Å². The molecule has 0 spiro atoms. The van der Waals surface area contributed by atoms with Gasteiger partial charge in [-0.1, -0.05) is 56.3 Å². The van der Waals surface area contributed by atoms with E-state index in [0.29, 0.717) is 12.5 Å². The average Bonchev–Trinajstić information content (AvgIpc) is 2.60. The summed E-state index contributed by atoms with van der Waals surface area (Å²) in [5.41, 5.74) is 9.36. The van der Waals surface area contributed by atoms with E-state index in [1.54, 1.807) is 7.11 Å². The molecule has 0 aliphatic heterocycles. The van der Waals surface area contributed by atoms with Gasteiger partial charge in [0.05, 0.1) is 13.5 Å². The van der Waals surface area contributed by atoms with Crippen LogP contribution in [0.1, 0.15) is 42.5 Å². The minimum absolute atomic E-state index is 0.0613. The Bertz CT molecular complexity index is 666. The predicted octanol–water partition coefficient (Wildman–Crippen LogP) is 3.18. The maximum absolute atomic E-state index is 12.1. The smallest absolute Gasteiger partial charge is 0.224 e. The van der Waals surface area contributed by atoms with Crippen LogP contribution in [-0.2, 0) is 11.2 Å². The number of nitrogens with two attached hydrogens (primary N) is 1. The van der Waals surface area contributed by atoms with Crippen molar-refractivity contribution in [3.63, 3.8) is 0 Å². The number of carbonyl (C=O) groups excluding carboxylic acids is 1. The van der Waals surface area contributed by atoms with E-state index in [1.165, 1.54) is 5.56 Å². The Kier molecular flexibility index (Phi) is 6.38. The van der Waals surface area contributed by atoms with Crippen molar-refractivity contribution >= 4 is 5.91 Å². The number of rotatable bonds is 7. The molecular formula is C20H26N2O2. The molecule has 0 saturated carbocycles. The van der Waals surface area contributed by atoms with Crippen LogP contribution in [0, 0.1) is 0 Å². The number of hydrogen-bond donors (Lipinski definition) is 2. The number of ether oxygens (including phenoxy) is 1. The Morgan fingerprint density at radius 3 is 2.33 bits per heavy atom. The molecule has 0 saturated heterocycles. The van der Waals surface area contributed by atoms with Crippen molar-refractivity contribution < 1.29 is 9.53 Å². The molecule has 0 fully saturated rings. The molecule has 0 bridgehead atoms. The van der Waals surface area contributed by atoms with Crippen LogP contribution in [0.4, 0.5) is 0 Å². The molecule has 2 aromatic carbocycles. The summed E-state index contributed by atoms with van der Waals surface area (Å²) in [6.45, 7) is 4.73. The van der Waals surface area contributed by atoms with Crippen LogP contribution < -0.4 is 15.8 Å². The van der Waals surface area contributed by atoms with E-state index < -0.39 is 0 Å². The van der Waals surface area contributed by atoms with Gasteiger partial charge in [0.25, 0.3) is 0 Å². The lowest BCUT2D eigenvalue weighted by Crippen LogP contribution is -2.32. The second-order valence-corrected chi connectivity index (χ2v) is 6.22. The van der Waals surface area contributed by atoms with Crippen molar-refractivity contribution in [1.29, 1.82) is 0 Å². The van der Waals surface area contributed by atoms with E-state index in [2.05, 4.69) is 31.3 Å². The van der Waals surface area contributed by atoms with Gasteiger partial charge in [0.2, 0.25) is 5.91 Å². The van der Waals surface area contributed by atoms with E-state index in [-0.39, 0.29) is 18.4 Å². The van der Waals surface area contributed by atoms with Gasteiger partial charge in [0.1, 0.15) is 5.75 Å². The zero-order valence-corrected chi connectivity index (χ0v) is 14.6. The molecule has 1 atom stereocenters. The SMILES string of the molecule is COc1ccccc1CC(=O)NCC(N)c1ccc(C(C)C)cc1. The molecule has 3 N–H and O–H groups in total. The predicted molar refractivity (Wildman–Crippen MR) is 97.2 cm³/mol. The minimum atomic E-state index is -0.215. The maximum atomic E-state index is 12.1. The molecule has 4 heteroatoms. The van der Waals surface area contributed by atoms with Crippen molar-refractivity contribution in [3.05, 3.63) is 65.2 Å². The number of carbonyl (C=O) groups is 1. The molecule has 2 rings (SSSR count). The first-order chi connectivity index (χ1) is 11.5. The van der Waals surface area contributed by atoms with Crippen molar-refractivity contribution in [1.82, 2.24) is 5.32 Å². The van der Waals surface area contributed by atoms with E-state index in [9.17, 15) is 4.79 Å². The molecule has 1 amide bonds. The monoisotopic (exact) mass is 326 g/mol. The molecule has 0 aromatic heterocycles. The number of amides is 1. The highest BCUT2D eigenvalue weighted by Gasteiger charge is 2.11. The normalized spacial score (nSPS) is 12.0. The minimum Gasteiger partial charge on any atom is -0.496 e. The van der Waals surface area contributed by atoms with Gasteiger partial charge in [-0.05, 0) is 23.1 Å². The molecule has 4 nitrogen and oxygen atoms in total. The van der Waals surface area contributed by atoms with Gasteiger partial charge in [-0.3, -0.25) is 4.79 Å². The Labute approximate surface area is 144 Å². The lowest BCUT2D eigenvalue weighted by Gasteiger charge is -2.15. The zero-order chi connectivity index (χ0) is 17.5. The summed E-state index contributed by atoms with van der Waals surface area (Å²) in [7, 11) is 1.60. The average molecular weight is 326 g/mol.